The first-order valence-electron chi connectivity index (χ1n) is 8.47. The molecule has 0 radical (unpaired) electrons. The lowest BCUT2D eigenvalue weighted by atomic mass is 10.2. The van der Waals surface area contributed by atoms with Crippen molar-refractivity contribution in [2.24, 2.45) is 0 Å². The van der Waals surface area contributed by atoms with Crippen LogP contribution in [0.5, 0.6) is 0 Å². The first kappa shape index (κ1) is 18.4. The third-order valence-corrected chi connectivity index (χ3v) is 5.21. The van der Waals surface area contributed by atoms with Crippen LogP contribution in [0.15, 0.2) is 65.8 Å². The number of nitrogens with zero attached hydrogens (tertiary/aromatic N) is 5. The summed E-state index contributed by atoms with van der Waals surface area (Å²) in [6.07, 6.45) is 1.69. The summed E-state index contributed by atoms with van der Waals surface area (Å²) in [5.74, 6) is 0.700. The number of pyridine rings is 1. The molecule has 28 heavy (non-hydrogen) atoms. The highest BCUT2D eigenvalue weighted by atomic mass is 35.5. The number of fused-ring (bicyclic) bond motifs is 1. The van der Waals surface area contributed by atoms with E-state index in [2.05, 4.69) is 25.6 Å². The molecule has 0 atom stereocenters. The van der Waals surface area contributed by atoms with Crippen LogP contribution in [0.1, 0.15) is 5.56 Å². The molecule has 1 amide bonds. The zero-order chi connectivity index (χ0) is 19.3. The van der Waals surface area contributed by atoms with Gasteiger partial charge in [0.1, 0.15) is 10.7 Å². The van der Waals surface area contributed by atoms with Crippen molar-refractivity contribution in [3.63, 3.8) is 0 Å². The van der Waals surface area contributed by atoms with Gasteiger partial charge in [0.05, 0.1) is 5.75 Å². The second kappa shape index (κ2) is 8.37. The van der Waals surface area contributed by atoms with Crippen LogP contribution in [0.2, 0.25) is 5.02 Å². The van der Waals surface area contributed by atoms with Crippen molar-refractivity contribution in [1.29, 1.82) is 0 Å². The molecule has 3 heterocycles. The van der Waals surface area contributed by atoms with Gasteiger partial charge in [0, 0.05) is 17.8 Å². The van der Waals surface area contributed by atoms with Gasteiger partial charge in [-0.1, -0.05) is 47.6 Å². The summed E-state index contributed by atoms with van der Waals surface area (Å²) in [4.78, 5) is 16.4. The van der Waals surface area contributed by atoms with Gasteiger partial charge in [0.25, 0.3) is 0 Å². The van der Waals surface area contributed by atoms with Gasteiger partial charge in [-0.05, 0) is 35.9 Å². The Morgan fingerprint density at radius 2 is 1.93 bits per heavy atom. The maximum absolute atomic E-state index is 12.2. The average molecular weight is 411 g/mol. The highest BCUT2D eigenvalue weighted by Gasteiger charge is 2.12. The second-order valence-electron chi connectivity index (χ2n) is 5.84. The van der Waals surface area contributed by atoms with Crippen LogP contribution < -0.4 is 5.32 Å². The fraction of sp³-hybridized carbons (Fsp3) is 0.105. The Morgan fingerprint density at radius 1 is 1.07 bits per heavy atom. The maximum Gasteiger partial charge on any atom is 0.230 e. The lowest BCUT2D eigenvalue weighted by Gasteiger charge is -2.07. The Morgan fingerprint density at radius 3 is 2.75 bits per heavy atom. The topological polar surface area (TPSA) is 85.1 Å². The van der Waals surface area contributed by atoms with E-state index >= 15 is 0 Å². The Hall–Kier alpha value is -2.97. The van der Waals surface area contributed by atoms with E-state index in [0.29, 0.717) is 33.8 Å². The van der Waals surface area contributed by atoms with E-state index in [0.717, 1.165) is 5.56 Å². The van der Waals surface area contributed by atoms with Gasteiger partial charge < -0.3 is 5.32 Å². The number of thioether (sulfide) groups is 1. The maximum atomic E-state index is 12.2. The Balaban J connectivity index is 1.42. The molecule has 7 nitrogen and oxygen atoms in total. The van der Waals surface area contributed by atoms with Crippen LogP contribution in [-0.4, -0.2) is 36.5 Å². The summed E-state index contributed by atoms with van der Waals surface area (Å²) >= 11 is 7.44. The van der Waals surface area contributed by atoms with E-state index in [1.165, 1.54) is 11.8 Å². The fourth-order valence-electron chi connectivity index (χ4n) is 2.53. The molecule has 1 N–H and O–H groups in total. The molecule has 0 bridgehead atoms. The molecule has 0 aliphatic carbocycles. The van der Waals surface area contributed by atoms with Crippen LogP contribution in [0.25, 0.3) is 17.2 Å². The minimum absolute atomic E-state index is 0.0967. The van der Waals surface area contributed by atoms with Crippen LogP contribution in [0.4, 0.5) is 0 Å². The highest BCUT2D eigenvalue weighted by molar-refractivity contribution is 7.99. The molecule has 0 saturated heterocycles. The summed E-state index contributed by atoms with van der Waals surface area (Å²) in [6.45, 7) is 0.390. The van der Waals surface area contributed by atoms with E-state index in [4.69, 9.17) is 11.6 Å². The predicted molar refractivity (Wildman–Crippen MR) is 108 cm³/mol. The van der Waals surface area contributed by atoms with Crippen LogP contribution in [-0.2, 0) is 11.3 Å². The molecule has 0 unspecified atom stereocenters. The molecule has 140 valence electrons. The van der Waals surface area contributed by atoms with Gasteiger partial charge in [-0.2, -0.15) is 9.61 Å². The highest BCUT2D eigenvalue weighted by Crippen LogP contribution is 2.19. The van der Waals surface area contributed by atoms with Crippen molar-refractivity contribution in [2.75, 3.05) is 5.75 Å². The summed E-state index contributed by atoms with van der Waals surface area (Å²) in [7, 11) is 0. The van der Waals surface area contributed by atoms with E-state index in [1.54, 1.807) is 16.8 Å². The minimum Gasteiger partial charge on any atom is -0.351 e. The van der Waals surface area contributed by atoms with E-state index in [9.17, 15) is 4.79 Å². The van der Waals surface area contributed by atoms with Gasteiger partial charge >= 0.3 is 0 Å². The van der Waals surface area contributed by atoms with Crippen molar-refractivity contribution in [1.82, 2.24) is 30.1 Å². The molecule has 4 aromatic rings. The normalized spacial score (nSPS) is 10.9. The Bertz CT molecular complexity index is 1120. The van der Waals surface area contributed by atoms with Crippen LogP contribution in [0, 0.1) is 0 Å². The number of carbonyl (C=O) groups is 1. The minimum atomic E-state index is -0.0967. The molecular formula is C19H15ClN6OS. The Labute approximate surface area is 170 Å². The first-order valence-corrected chi connectivity index (χ1v) is 9.84. The number of benzene rings is 1. The van der Waals surface area contributed by atoms with Crippen molar-refractivity contribution >= 4 is 34.9 Å². The zero-order valence-corrected chi connectivity index (χ0v) is 16.2. The smallest absolute Gasteiger partial charge is 0.230 e. The summed E-state index contributed by atoms with van der Waals surface area (Å²) < 4.78 is 1.63. The van der Waals surface area contributed by atoms with Crippen molar-refractivity contribution in [3.8, 4) is 11.5 Å². The van der Waals surface area contributed by atoms with E-state index in [1.807, 2.05) is 48.5 Å². The number of hydrogen-bond acceptors (Lipinski definition) is 6. The molecule has 9 heteroatoms. The predicted octanol–water partition coefficient (Wildman–Crippen LogP) is 3.25. The number of carbonyl (C=O) groups excluding carboxylic acids is 1. The number of halogens is 1. The summed E-state index contributed by atoms with van der Waals surface area (Å²) in [5.41, 5.74) is 2.18. The van der Waals surface area contributed by atoms with Gasteiger partial charge in [0.15, 0.2) is 5.65 Å². The first-order chi connectivity index (χ1) is 13.7. The number of rotatable bonds is 6. The zero-order valence-electron chi connectivity index (χ0n) is 14.6. The molecule has 0 spiro atoms. The fourth-order valence-corrected chi connectivity index (χ4v) is 3.42. The molecule has 3 aromatic heterocycles. The van der Waals surface area contributed by atoms with Gasteiger partial charge in [-0.25, -0.2) is 0 Å². The molecule has 0 saturated carbocycles. The average Bonchev–Trinajstić information content (AvgIpc) is 3.15. The monoisotopic (exact) mass is 410 g/mol. The SMILES string of the molecule is O=C(CSc1ccc2nnc(-c3ccccn3)n2n1)NCc1ccccc1Cl. The van der Waals surface area contributed by atoms with Crippen molar-refractivity contribution < 1.29 is 4.79 Å². The lowest BCUT2D eigenvalue weighted by Crippen LogP contribution is -2.24. The number of nitrogens with one attached hydrogen (secondary N) is 1. The molecule has 0 aliphatic rings. The van der Waals surface area contributed by atoms with Gasteiger partial charge in [-0.15, -0.1) is 10.2 Å². The van der Waals surface area contributed by atoms with Crippen molar-refractivity contribution in [2.45, 2.75) is 11.6 Å². The van der Waals surface area contributed by atoms with Crippen LogP contribution in [0.3, 0.4) is 0 Å². The second-order valence-corrected chi connectivity index (χ2v) is 7.24. The lowest BCUT2D eigenvalue weighted by molar-refractivity contribution is -0.118. The summed E-state index contributed by atoms with van der Waals surface area (Å²) in [5, 5.41) is 17.0. The molecular weight excluding hydrogens is 396 g/mol. The number of amides is 1. The molecule has 4 rings (SSSR count). The standard InChI is InChI=1S/C19H15ClN6OS/c20-14-6-2-1-5-13(14)11-22-17(27)12-28-18-9-8-16-23-24-19(26(16)25-18)15-7-3-4-10-21-15/h1-10H,11-12H2,(H,22,27). The molecule has 0 fully saturated rings. The van der Waals surface area contributed by atoms with Gasteiger partial charge in [0.2, 0.25) is 11.7 Å². The largest absolute Gasteiger partial charge is 0.351 e. The molecule has 1 aromatic carbocycles. The number of aromatic nitrogens is 5. The summed E-state index contributed by atoms with van der Waals surface area (Å²) in [6, 6.07) is 16.6. The third-order valence-electron chi connectivity index (χ3n) is 3.92. The third kappa shape index (κ3) is 4.13. The number of hydrogen-bond donors (Lipinski definition) is 1. The molecule has 0 aliphatic heterocycles. The Kier molecular flexibility index (Phi) is 5.50. The van der Waals surface area contributed by atoms with Crippen molar-refractivity contribution in [3.05, 3.63) is 71.4 Å². The van der Waals surface area contributed by atoms with E-state index < -0.39 is 0 Å². The van der Waals surface area contributed by atoms with Crippen LogP contribution >= 0.6 is 23.4 Å². The van der Waals surface area contributed by atoms with E-state index in [-0.39, 0.29) is 11.7 Å². The van der Waals surface area contributed by atoms with Gasteiger partial charge in [-0.3, -0.25) is 9.78 Å². The quantitative estimate of drug-likeness (QED) is 0.491.